The van der Waals surface area contributed by atoms with Gasteiger partial charge in [-0.3, -0.25) is 9.69 Å². The van der Waals surface area contributed by atoms with Crippen molar-refractivity contribution in [3.05, 3.63) is 53.4 Å². The van der Waals surface area contributed by atoms with Crippen molar-refractivity contribution in [1.82, 2.24) is 9.47 Å². The summed E-state index contributed by atoms with van der Waals surface area (Å²) >= 11 is 0. The number of halogens is 2. The molecule has 116 valence electrons. The SMILES string of the molecule is Cc1c(C(=O)CN2CCCC2)ccn1-c1ccc(F)cc1F. The zero-order valence-electron chi connectivity index (χ0n) is 12.5. The summed E-state index contributed by atoms with van der Waals surface area (Å²) in [5.41, 5.74) is 1.52. The maximum absolute atomic E-state index is 13.9. The molecular formula is C17H18F2N2O. The van der Waals surface area contributed by atoms with E-state index in [9.17, 15) is 13.6 Å². The van der Waals surface area contributed by atoms with Crippen molar-refractivity contribution in [3.63, 3.8) is 0 Å². The number of carbonyl (C=O) groups excluding carboxylic acids is 1. The van der Waals surface area contributed by atoms with E-state index in [1.54, 1.807) is 23.8 Å². The Bertz CT molecular complexity index is 703. The molecule has 0 aliphatic carbocycles. The van der Waals surface area contributed by atoms with Crippen LogP contribution in [-0.4, -0.2) is 34.9 Å². The molecule has 0 N–H and O–H groups in total. The monoisotopic (exact) mass is 304 g/mol. The molecule has 0 spiro atoms. The van der Waals surface area contributed by atoms with Crippen molar-refractivity contribution in [3.8, 4) is 5.69 Å². The fourth-order valence-electron chi connectivity index (χ4n) is 2.97. The van der Waals surface area contributed by atoms with Gasteiger partial charge < -0.3 is 4.57 Å². The number of nitrogens with zero attached hydrogens (tertiary/aromatic N) is 2. The molecule has 3 rings (SSSR count). The first kappa shape index (κ1) is 14.9. The third kappa shape index (κ3) is 2.81. The molecule has 0 atom stereocenters. The molecule has 1 aliphatic rings. The van der Waals surface area contributed by atoms with E-state index < -0.39 is 11.6 Å². The zero-order chi connectivity index (χ0) is 15.7. The van der Waals surface area contributed by atoms with Gasteiger partial charge in [-0.1, -0.05) is 0 Å². The molecule has 3 nitrogen and oxygen atoms in total. The Morgan fingerprint density at radius 3 is 2.59 bits per heavy atom. The van der Waals surface area contributed by atoms with Crippen molar-refractivity contribution in [2.45, 2.75) is 19.8 Å². The van der Waals surface area contributed by atoms with Gasteiger partial charge in [0.2, 0.25) is 0 Å². The molecule has 0 unspecified atom stereocenters. The Balaban J connectivity index is 1.86. The van der Waals surface area contributed by atoms with E-state index in [0.29, 0.717) is 17.8 Å². The highest BCUT2D eigenvalue weighted by Gasteiger charge is 2.20. The van der Waals surface area contributed by atoms with Gasteiger partial charge in [0.15, 0.2) is 5.78 Å². The van der Waals surface area contributed by atoms with Gasteiger partial charge in [0.1, 0.15) is 11.6 Å². The first-order chi connectivity index (χ1) is 10.6. The van der Waals surface area contributed by atoms with E-state index in [1.807, 2.05) is 0 Å². The van der Waals surface area contributed by atoms with E-state index in [4.69, 9.17) is 0 Å². The van der Waals surface area contributed by atoms with Crippen LogP contribution >= 0.6 is 0 Å². The van der Waals surface area contributed by atoms with Gasteiger partial charge >= 0.3 is 0 Å². The smallest absolute Gasteiger partial charge is 0.178 e. The fraction of sp³-hybridized carbons (Fsp3) is 0.353. The largest absolute Gasteiger partial charge is 0.318 e. The molecule has 0 saturated carbocycles. The Morgan fingerprint density at radius 2 is 1.91 bits per heavy atom. The summed E-state index contributed by atoms with van der Waals surface area (Å²) in [6, 6.07) is 5.15. The average molecular weight is 304 g/mol. The van der Waals surface area contributed by atoms with Crippen molar-refractivity contribution in [2.24, 2.45) is 0 Å². The first-order valence-corrected chi connectivity index (χ1v) is 7.45. The third-order valence-corrected chi connectivity index (χ3v) is 4.18. The van der Waals surface area contributed by atoms with Gasteiger partial charge in [-0.15, -0.1) is 0 Å². The normalized spacial score (nSPS) is 15.4. The maximum atomic E-state index is 13.9. The molecule has 0 amide bonds. The predicted octanol–water partition coefficient (Wildman–Crippen LogP) is 3.34. The molecule has 2 aromatic rings. The molecule has 0 radical (unpaired) electrons. The van der Waals surface area contributed by atoms with Gasteiger partial charge in [0.25, 0.3) is 0 Å². The summed E-state index contributed by atoms with van der Waals surface area (Å²) < 4.78 is 28.5. The number of hydrogen-bond donors (Lipinski definition) is 0. The number of rotatable bonds is 4. The summed E-state index contributed by atoms with van der Waals surface area (Å²) in [6.07, 6.45) is 3.92. The maximum Gasteiger partial charge on any atom is 0.178 e. The lowest BCUT2D eigenvalue weighted by atomic mass is 10.1. The van der Waals surface area contributed by atoms with Crippen LogP contribution in [0.1, 0.15) is 28.9 Å². The Hall–Kier alpha value is -2.01. The summed E-state index contributed by atoms with van der Waals surface area (Å²) in [5, 5.41) is 0. The topological polar surface area (TPSA) is 25.2 Å². The Kier molecular flexibility index (Phi) is 4.07. The van der Waals surface area contributed by atoms with E-state index in [0.717, 1.165) is 32.0 Å². The van der Waals surface area contributed by atoms with Crippen molar-refractivity contribution in [1.29, 1.82) is 0 Å². The van der Waals surface area contributed by atoms with Crippen LogP contribution in [0.3, 0.4) is 0 Å². The number of carbonyl (C=O) groups is 1. The van der Waals surface area contributed by atoms with Crippen LogP contribution in [-0.2, 0) is 0 Å². The number of aromatic nitrogens is 1. The molecule has 22 heavy (non-hydrogen) atoms. The number of Topliss-reactive ketones (excluding diaryl/α,β-unsaturated/α-hetero) is 1. The lowest BCUT2D eigenvalue weighted by Crippen LogP contribution is -2.27. The summed E-state index contributed by atoms with van der Waals surface area (Å²) in [5.74, 6) is -1.21. The fourth-order valence-corrected chi connectivity index (χ4v) is 2.97. The number of hydrogen-bond acceptors (Lipinski definition) is 2. The minimum atomic E-state index is -0.641. The van der Waals surface area contributed by atoms with Gasteiger partial charge in [-0.2, -0.15) is 0 Å². The lowest BCUT2D eigenvalue weighted by molar-refractivity contribution is 0.0944. The minimum Gasteiger partial charge on any atom is -0.318 e. The van der Waals surface area contributed by atoms with E-state index >= 15 is 0 Å². The predicted molar refractivity (Wildman–Crippen MR) is 80.4 cm³/mol. The zero-order valence-corrected chi connectivity index (χ0v) is 12.5. The molecule has 1 aromatic carbocycles. The van der Waals surface area contributed by atoms with Crippen LogP contribution in [0.2, 0.25) is 0 Å². The van der Waals surface area contributed by atoms with Gasteiger partial charge in [-0.05, 0) is 51.1 Å². The second kappa shape index (κ2) is 6.01. The molecule has 1 aliphatic heterocycles. The third-order valence-electron chi connectivity index (χ3n) is 4.18. The van der Waals surface area contributed by atoms with E-state index in [2.05, 4.69) is 4.90 Å². The standard InChI is InChI=1S/C17H18F2N2O/c1-12-14(17(22)11-20-7-2-3-8-20)6-9-21(12)16-5-4-13(18)10-15(16)19/h4-6,9-10H,2-3,7-8,11H2,1H3. The summed E-state index contributed by atoms with van der Waals surface area (Å²) in [7, 11) is 0. The Labute approximate surface area is 128 Å². The quantitative estimate of drug-likeness (QED) is 0.809. The molecule has 1 saturated heterocycles. The van der Waals surface area contributed by atoms with Crippen LogP contribution < -0.4 is 0 Å². The minimum absolute atomic E-state index is 0.0423. The van der Waals surface area contributed by atoms with Crippen molar-refractivity contribution >= 4 is 5.78 Å². The van der Waals surface area contributed by atoms with Crippen LogP contribution in [0.5, 0.6) is 0 Å². The molecular weight excluding hydrogens is 286 g/mol. The van der Waals surface area contributed by atoms with Crippen LogP contribution in [0.25, 0.3) is 5.69 Å². The molecule has 1 fully saturated rings. The van der Waals surface area contributed by atoms with Gasteiger partial charge in [0, 0.05) is 23.5 Å². The van der Waals surface area contributed by atoms with Crippen molar-refractivity contribution in [2.75, 3.05) is 19.6 Å². The summed E-state index contributed by atoms with van der Waals surface area (Å²) in [4.78, 5) is 14.5. The van der Waals surface area contributed by atoms with Crippen molar-refractivity contribution < 1.29 is 13.6 Å². The number of benzene rings is 1. The number of ketones is 1. The van der Waals surface area contributed by atoms with E-state index in [-0.39, 0.29) is 11.5 Å². The van der Waals surface area contributed by atoms with Crippen LogP contribution in [0.15, 0.2) is 30.5 Å². The molecule has 1 aromatic heterocycles. The highest BCUT2D eigenvalue weighted by Crippen LogP contribution is 2.21. The highest BCUT2D eigenvalue weighted by molar-refractivity contribution is 5.98. The lowest BCUT2D eigenvalue weighted by Gasteiger charge is -2.13. The van der Waals surface area contributed by atoms with E-state index in [1.165, 1.54) is 12.1 Å². The Morgan fingerprint density at radius 1 is 1.18 bits per heavy atom. The van der Waals surface area contributed by atoms with Gasteiger partial charge in [-0.25, -0.2) is 8.78 Å². The second-order valence-electron chi connectivity index (χ2n) is 5.69. The van der Waals surface area contributed by atoms with Crippen LogP contribution in [0.4, 0.5) is 8.78 Å². The average Bonchev–Trinajstić information content (AvgIpc) is 3.09. The molecule has 2 heterocycles. The second-order valence-corrected chi connectivity index (χ2v) is 5.69. The number of likely N-dealkylation sites (tertiary alicyclic amines) is 1. The van der Waals surface area contributed by atoms with Gasteiger partial charge in [0.05, 0.1) is 12.2 Å². The molecule has 5 heteroatoms. The van der Waals surface area contributed by atoms with Crippen LogP contribution in [0, 0.1) is 18.6 Å². The summed E-state index contributed by atoms with van der Waals surface area (Å²) in [6.45, 7) is 4.09. The first-order valence-electron chi connectivity index (χ1n) is 7.45. The highest BCUT2D eigenvalue weighted by atomic mass is 19.1. The molecule has 0 bridgehead atoms.